The summed E-state index contributed by atoms with van der Waals surface area (Å²) in [6.45, 7) is 1.76. The van der Waals surface area contributed by atoms with Crippen LogP contribution < -0.4 is 5.48 Å². The Morgan fingerprint density at radius 3 is 2.55 bits per heavy atom. The van der Waals surface area contributed by atoms with Gasteiger partial charge in [0.15, 0.2) is 0 Å². The van der Waals surface area contributed by atoms with E-state index in [0.717, 1.165) is 0 Å². The average Bonchev–Trinajstić information content (AvgIpc) is 2.01. The molecule has 0 heterocycles. The van der Waals surface area contributed by atoms with Crippen LogP contribution in [0.3, 0.4) is 0 Å². The van der Waals surface area contributed by atoms with Crippen molar-refractivity contribution >= 4 is 28.9 Å². The summed E-state index contributed by atoms with van der Waals surface area (Å²) < 4.78 is 0. The Kier molecular flexibility index (Phi) is 2.60. The molecular formula is C7H6Cl2NO-. The Morgan fingerprint density at radius 2 is 2.00 bits per heavy atom. The van der Waals surface area contributed by atoms with Gasteiger partial charge in [-0.15, -0.1) is 0 Å². The molecule has 0 aromatic heterocycles. The second-order valence-electron chi connectivity index (χ2n) is 2.14. The van der Waals surface area contributed by atoms with Crippen molar-refractivity contribution < 1.29 is 0 Å². The van der Waals surface area contributed by atoms with Gasteiger partial charge in [0.1, 0.15) is 0 Å². The molecule has 1 aromatic rings. The van der Waals surface area contributed by atoms with Gasteiger partial charge >= 0.3 is 0 Å². The lowest BCUT2D eigenvalue weighted by atomic mass is 10.2. The summed E-state index contributed by atoms with van der Waals surface area (Å²) >= 11 is 11.5. The summed E-state index contributed by atoms with van der Waals surface area (Å²) in [7, 11) is 0. The molecule has 60 valence electrons. The van der Waals surface area contributed by atoms with Crippen LogP contribution in [0.4, 0.5) is 5.69 Å². The third kappa shape index (κ3) is 1.59. The van der Waals surface area contributed by atoms with Crippen molar-refractivity contribution in [2.24, 2.45) is 0 Å². The highest BCUT2D eigenvalue weighted by molar-refractivity contribution is 6.37. The SMILES string of the molecule is Cc1c(Cl)ccc(N[O-])c1Cl. The van der Waals surface area contributed by atoms with Crippen LogP contribution in [0, 0.1) is 12.1 Å². The highest BCUT2D eigenvalue weighted by Gasteiger charge is 2.02. The Hall–Kier alpha value is -0.440. The molecule has 11 heavy (non-hydrogen) atoms. The van der Waals surface area contributed by atoms with E-state index in [-0.39, 0.29) is 0 Å². The van der Waals surface area contributed by atoms with E-state index in [1.54, 1.807) is 24.5 Å². The van der Waals surface area contributed by atoms with E-state index >= 15 is 0 Å². The average molecular weight is 191 g/mol. The third-order valence-electron chi connectivity index (χ3n) is 1.43. The number of halogens is 2. The zero-order valence-corrected chi connectivity index (χ0v) is 7.33. The minimum absolute atomic E-state index is 0.355. The fourth-order valence-corrected chi connectivity index (χ4v) is 1.15. The van der Waals surface area contributed by atoms with E-state index < -0.39 is 0 Å². The molecule has 1 rings (SSSR count). The molecule has 0 unspecified atom stereocenters. The van der Waals surface area contributed by atoms with Gasteiger partial charge in [-0.05, 0) is 24.6 Å². The van der Waals surface area contributed by atoms with E-state index in [9.17, 15) is 5.21 Å². The molecule has 0 bridgehead atoms. The van der Waals surface area contributed by atoms with Crippen LogP contribution in [0.1, 0.15) is 5.56 Å². The van der Waals surface area contributed by atoms with Crippen LogP contribution in [-0.4, -0.2) is 0 Å². The zero-order valence-electron chi connectivity index (χ0n) is 5.82. The Balaban J connectivity index is 3.25. The van der Waals surface area contributed by atoms with Gasteiger partial charge in [-0.3, -0.25) is 0 Å². The molecule has 0 fully saturated rings. The van der Waals surface area contributed by atoms with Crippen molar-refractivity contribution in [1.82, 2.24) is 0 Å². The standard InChI is InChI=1S/C7H6Cl2NO/c1-4-5(8)2-3-6(10-11)7(4)9/h2-3,10H,1H3/q-1. The summed E-state index contributed by atoms with van der Waals surface area (Å²) in [5.74, 6) is 0. The molecule has 0 aliphatic rings. The summed E-state index contributed by atoms with van der Waals surface area (Å²) in [5.41, 5.74) is 2.79. The molecule has 0 spiro atoms. The van der Waals surface area contributed by atoms with Crippen molar-refractivity contribution in [2.75, 3.05) is 5.48 Å². The number of benzene rings is 1. The number of nitrogens with one attached hydrogen (secondary N) is 1. The van der Waals surface area contributed by atoms with Crippen LogP contribution in [0.2, 0.25) is 10.0 Å². The van der Waals surface area contributed by atoms with Gasteiger partial charge in [0, 0.05) is 10.7 Å². The highest BCUT2D eigenvalue weighted by atomic mass is 35.5. The third-order valence-corrected chi connectivity index (χ3v) is 2.33. The fourth-order valence-electron chi connectivity index (χ4n) is 0.740. The number of hydrogen-bond acceptors (Lipinski definition) is 2. The van der Waals surface area contributed by atoms with Crippen LogP contribution in [0.25, 0.3) is 0 Å². The van der Waals surface area contributed by atoms with E-state index in [0.29, 0.717) is 21.3 Å². The Bertz CT molecular complexity index is 275. The van der Waals surface area contributed by atoms with Crippen LogP contribution in [0.5, 0.6) is 0 Å². The molecule has 0 amide bonds. The van der Waals surface area contributed by atoms with Crippen molar-refractivity contribution in [3.8, 4) is 0 Å². The second-order valence-corrected chi connectivity index (χ2v) is 2.92. The molecule has 1 aromatic carbocycles. The number of rotatable bonds is 1. The minimum atomic E-state index is 0.355. The summed E-state index contributed by atoms with van der Waals surface area (Å²) in [4.78, 5) is 0. The highest BCUT2D eigenvalue weighted by Crippen LogP contribution is 2.30. The van der Waals surface area contributed by atoms with Crippen LogP contribution in [-0.2, 0) is 0 Å². The first-order valence-electron chi connectivity index (χ1n) is 2.99. The quantitative estimate of drug-likeness (QED) is 0.691. The maximum absolute atomic E-state index is 10.2. The predicted octanol–water partition coefficient (Wildman–Crippen LogP) is 3.21. The molecular weight excluding hydrogens is 185 g/mol. The van der Waals surface area contributed by atoms with E-state index in [4.69, 9.17) is 23.2 Å². The molecule has 0 aliphatic carbocycles. The van der Waals surface area contributed by atoms with Crippen molar-refractivity contribution in [2.45, 2.75) is 6.92 Å². The molecule has 2 nitrogen and oxygen atoms in total. The summed E-state index contributed by atoms with van der Waals surface area (Å²) in [6.07, 6.45) is 0. The molecule has 4 heteroatoms. The fraction of sp³-hybridized carbons (Fsp3) is 0.143. The first-order valence-corrected chi connectivity index (χ1v) is 3.75. The minimum Gasteiger partial charge on any atom is -0.761 e. The lowest BCUT2D eigenvalue weighted by molar-refractivity contribution is 1.45. The maximum Gasteiger partial charge on any atom is 0.0673 e. The van der Waals surface area contributed by atoms with Gasteiger partial charge in [0.05, 0.1) is 5.02 Å². The van der Waals surface area contributed by atoms with Crippen molar-refractivity contribution in [1.29, 1.82) is 0 Å². The molecule has 0 atom stereocenters. The van der Waals surface area contributed by atoms with E-state index in [2.05, 4.69) is 0 Å². The predicted molar refractivity (Wildman–Crippen MR) is 48.2 cm³/mol. The lowest BCUT2D eigenvalue weighted by Crippen LogP contribution is -1.88. The van der Waals surface area contributed by atoms with Gasteiger partial charge < -0.3 is 10.7 Å². The van der Waals surface area contributed by atoms with Gasteiger partial charge in [-0.2, -0.15) is 0 Å². The molecule has 0 aliphatic heterocycles. The monoisotopic (exact) mass is 190 g/mol. The zero-order chi connectivity index (χ0) is 8.43. The van der Waals surface area contributed by atoms with Gasteiger partial charge in [-0.25, -0.2) is 0 Å². The smallest absolute Gasteiger partial charge is 0.0673 e. The van der Waals surface area contributed by atoms with Crippen molar-refractivity contribution in [3.63, 3.8) is 0 Å². The maximum atomic E-state index is 10.2. The first-order chi connectivity index (χ1) is 5.16. The Morgan fingerprint density at radius 1 is 1.36 bits per heavy atom. The summed E-state index contributed by atoms with van der Waals surface area (Å²) in [5, 5.41) is 11.2. The molecule has 0 saturated carbocycles. The molecule has 1 N–H and O–H groups in total. The van der Waals surface area contributed by atoms with Gasteiger partial charge in [0.2, 0.25) is 0 Å². The Labute approximate surface area is 74.7 Å². The lowest BCUT2D eigenvalue weighted by Gasteiger charge is -2.13. The largest absolute Gasteiger partial charge is 0.761 e. The number of hydrogen-bond donors (Lipinski definition) is 1. The van der Waals surface area contributed by atoms with Crippen LogP contribution >= 0.6 is 23.2 Å². The normalized spacial score (nSPS) is 9.82. The first kappa shape index (κ1) is 8.65. The van der Waals surface area contributed by atoms with Gasteiger partial charge in [0.25, 0.3) is 0 Å². The van der Waals surface area contributed by atoms with Crippen molar-refractivity contribution in [3.05, 3.63) is 32.9 Å². The topological polar surface area (TPSA) is 35.1 Å². The van der Waals surface area contributed by atoms with Crippen LogP contribution in [0.15, 0.2) is 12.1 Å². The number of anilines is 1. The molecule has 0 radical (unpaired) electrons. The summed E-state index contributed by atoms with van der Waals surface area (Å²) in [6, 6.07) is 3.17. The molecule has 0 saturated heterocycles. The van der Waals surface area contributed by atoms with E-state index in [1.165, 1.54) is 0 Å². The van der Waals surface area contributed by atoms with Gasteiger partial charge in [-0.1, -0.05) is 23.2 Å². The second kappa shape index (κ2) is 3.30. The van der Waals surface area contributed by atoms with E-state index in [1.807, 2.05) is 0 Å².